The molecule has 0 aromatic heterocycles. The van der Waals surface area contributed by atoms with E-state index in [9.17, 15) is 4.89 Å². The first kappa shape index (κ1) is 9.36. The van der Waals surface area contributed by atoms with Crippen LogP contribution in [0.5, 0.6) is 0 Å². The van der Waals surface area contributed by atoms with Crippen LogP contribution in [0.25, 0.3) is 0 Å². The Morgan fingerprint density at radius 3 is 2.27 bits per heavy atom. The monoisotopic (exact) mass is 181 g/mol. The van der Waals surface area contributed by atoms with Gasteiger partial charge in [0.25, 0.3) is 0 Å². The molecule has 1 saturated heterocycles. The van der Waals surface area contributed by atoms with Gasteiger partial charge in [0.1, 0.15) is 0 Å². The van der Waals surface area contributed by atoms with Crippen LogP contribution in [0, 0.1) is 5.41 Å². The molecule has 0 aromatic carbocycles. The zero-order valence-corrected chi connectivity index (χ0v) is 7.96. The molecule has 0 bridgehead atoms. The van der Waals surface area contributed by atoms with Crippen LogP contribution in [0.4, 0.5) is 0 Å². The van der Waals surface area contributed by atoms with E-state index in [2.05, 4.69) is 0 Å². The van der Waals surface area contributed by atoms with Crippen molar-refractivity contribution in [1.82, 2.24) is 0 Å². The van der Waals surface area contributed by atoms with Gasteiger partial charge in [0.05, 0.1) is 0 Å². The fourth-order valence-electron chi connectivity index (χ4n) is 0.817. The molecule has 11 heavy (non-hydrogen) atoms. The second kappa shape index (κ2) is 2.96. The third-order valence-electron chi connectivity index (χ3n) is 1.63. The van der Waals surface area contributed by atoms with Crippen LogP contribution in [-0.4, -0.2) is 24.4 Å². The molecule has 68 valence electrons. The van der Waals surface area contributed by atoms with Gasteiger partial charge < -0.3 is 0 Å². The SMILES string of the molecule is CC1(C)CO[PH](O)(CN)OC1. The molecule has 0 atom stereocenters. The average Bonchev–Trinajstić information content (AvgIpc) is 1.97. The average molecular weight is 181 g/mol. The molecule has 0 saturated carbocycles. The molecule has 0 amide bonds. The van der Waals surface area contributed by atoms with E-state index in [1.165, 1.54) is 0 Å². The van der Waals surface area contributed by atoms with Crippen molar-refractivity contribution in [2.45, 2.75) is 13.8 Å². The molecule has 1 aliphatic heterocycles. The van der Waals surface area contributed by atoms with Crippen molar-refractivity contribution in [3.8, 4) is 0 Å². The van der Waals surface area contributed by atoms with Crippen LogP contribution < -0.4 is 5.73 Å². The summed E-state index contributed by atoms with van der Waals surface area (Å²) in [5.41, 5.74) is 5.30. The van der Waals surface area contributed by atoms with Gasteiger partial charge in [0, 0.05) is 0 Å². The van der Waals surface area contributed by atoms with E-state index < -0.39 is 7.94 Å². The molecule has 0 spiro atoms. The van der Waals surface area contributed by atoms with Crippen LogP contribution >= 0.6 is 7.94 Å². The fraction of sp³-hybridized carbons (Fsp3) is 1.00. The van der Waals surface area contributed by atoms with Gasteiger partial charge in [-0.1, -0.05) is 0 Å². The Balaban J connectivity index is 2.48. The van der Waals surface area contributed by atoms with E-state index in [4.69, 9.17) is 14.8 Å². The number of hydrogen-bond donors (Lipinski definition) is 2. The first-order valence-electron chi connectivity index (χ1n) is 3.68. The summed E-state index contributed by atoms with van der Waals surface area (Å²) < 4.78 is 10.4. The predicted octanol–water partition coefficient (Wildman–Crippen LogP) is 0.463. The molecule has 0 unspecified atom stereocenters. The maximum atomic E-state index is 9.48. The standard InChI is InChI=1S/C6H16NO3P/c1-6(2)3-9-11(8,5-7)10-4-6/h8,11H,3-5,7H2,1-2H3. The Bertz CT molecular complexity index is 141. The van der Waals surface area contributed by atoms with E-state index in [0.717, 1.165) is 0 Å². The van der Waals surface area contributed by atoms with Crippen molar-refractivity contribution in [1.29, 1.82) is 0 Å². The maximum absolute atomic E-state index is 9.48. The van der Waals surface area contributed by atoms with Crippen LogP contribution in [0.3, 0.4) is 0 Å². The van der Waals surface area contributed by atoms with Crippen LogP contribution in [0.2, 0.25) is 0 Å². The first-order chi connectivity index (χ1) is 4.97. The first-order valence-corrected chi connectivity index (χ1v) is 5.65. The molecule has 0 aliphatic carbocycles. The molecule has 1 fully saturated rings. The molecule has 1 rings (SSSR count). The Kier molecular flexibility index (Phi) is 2.52. The number of rotatable bonds is 1. The van der Waals surface area contributed by atoms with Crippen molar-refractivity contribution < 1.29 is 13.9 Å². The minimum atomic E-state index is -2.92. The van der Waals surface area contributed by atoms with E-state index >= 15 is 0 Å². The summed E-state index contributed by atoms with van der Waals surface area (Å²) in [6.07, 6.45) is 0.114. The second-order valence-electron chi connectivity index (χ2n) is 3.66. The normalized spacial score (nSPS) is 31.3. The van der Waals surface area contributed by atoms with Gasteiger partial charge in [-0.25, -0.2) is 0 Å². The molecule has 0 radical (unpaired) electrons. The molecule has 0 aromatic rings. The summed E-state index contributed by atoms with van der Waals surface area (Å²) in [4.78, 5) is 9.48. The van der Waals surface area contributed by atoms with Crippen LogP contribution in [0.1, 0.15) is 13.8 Å². The van der Waals surface area contributed by atoms with Gasteiger partial charge in [-0.15, -0.1) is 0 Å². The zero-order chi connectivity index (χ0) is 8.54. The molecule has 4 nitrogen and oxygen atoms in total. The van der Waals surface area contributed by atoms with Crippen molar-refractivity contribution in [2.75, 3.05) is 19.5 Å². The van der Waals surface area contributed by atoms with Gasteiger partial charge in [-0.05, 0) is 0 Å². The summed E-state index contributed by atoms with van der Waals surface area (Å²) in [5.74, 6) is 0. The minimum absolute atomic E-state index is 0.00833. The van der Waals surface area contributed by atoms with E-state index in [1.807, 2.05) is 13.8 Å². The van der Waals surface area contributed by atoms with Gasteiger partial charge in [-0.3, -0.25) is 0 Å². The van der Waals surface area contributed by atoms with E-state index in [1.54, 1.807) is 0 Å². The summed E-state index contributed by atoms with van der Waals surface area (Å²) >= 11 is 0. The van der Waals surface area contributed by atoms with Gasteiger partial charge in [0.2, 0.25) is 0 Å². The predicted molar refractivity (Wildman–Crippen MR) is 45.3 cm³/mol. The third kappa shape index (κ3) is 2.36. The molecule has 3 N–H and O–H groups in total. The van der Waals surface area contributed by atoms with Gasteiger partial charge in [-0.2, -0.15) is 0 Å². The molecular formula is C6H16NO3P. The van der Waals surface area contributed by atoms with Crippen molar-refractivity contribution in [3.05, 3.63) is 0 Å². The molecular weight excluding hydrogens is 165 g/mol. The topological polar surface area (TPSA) is 64.7 Å². The quantitative estimate of drug-likeness (QED) is 0.577. The fourth-order valence-corrected chi connectivity index (χ4v) is 2.37. The van der Waals surface area contributed by atoms with Crippen LogP contribution in [0.15, 0.2) is 0 Å². The summed E-state index contributed by atoms with van der Waals surface area (Å²) in [6, 6.07) is 0. The summed E-state index contributed by atoms with van der Waals surface area (Å²) in [6.45, 7) is 5.12. The van der Waals surface area contributed by atoms with Crippen LogP contribution in [-0.2, 0) is 9.05 Å². The van der Waals surface area contributed by atoms with Gasteiger partial charge >= 0.3 is 66.4 Å². The Hall–Kier alpha value is 0.270. The van der Waals surface area contributed by atoms with Crippen molar-refractivity contribution in [2.24, 2.45) is 11.1 Å². The van der Waals surface area contributed by atoms with Crippen molar-refractivity contribution >= 4 is 7.94 Å². The third-order valence-corrected chi connectivity index (χ3v) is 3.34. The van der Waals surface area contributed by atoms with Crippen molar-refractivity contribution in [3.63, 3.8) is 0 Å². The second-order valence-corrected chi connectivity index (χ2v) is 6.07. The molecule has 5 heteroatoms. The zero-order valence-electron chi connectivity index (χ0n) is 6.96. The van der Waals surface area contributed by atoms with Gasteiger partial charge in [0.15, 0.2) is 0 Å². The Morgan fingerprint density at radius 2 is 1.91 bits per heavy atom. The Labute approximate surface area is 67.3 Å². The summed E-state index contributed by atoms with van der Waals surface area (Å²) in [7, 11) is -2.92. The molecule has 1 heterocycles. The Morgan fingerprint density at radius 1 is 1.45 bits per heavy atom. The molecule has 1 aliphatic rings. The number of nitrogens with two attached hydrogens (primary N) is 1. The van der Waals surface area contributed by atoms with E-state index in [-0.39, 0.29) is 11.7 Å². The summed E-state index contributed by atoms with van der Waals surface area (Å²) in [5, 5.41) is 0. The van der Waals surface area contributed by atoms with E-state index in [0.29, 0.717) is 13.2 Å². The number of hydrogen-bond acceptors (Lipinski definition) is 4.